The number of ether oxygens (including phenoxy) is 4. The van der Waals surface area contributed by atoms with Gasteiger partial charge in [0, 0.05) is 32.7 Å². The summed E-state index contributed by atoms with van der Waals surface area (Å²) in [6.45, 7) is 6.78. The van der Waals surface area contributed by atoms with Gasteiger partial charge in [-0.25, -0.2) is 0 Å². The molecule has 1 aromatic rings. The molecule has 26 heavy (non-hydrogen) atoms. The summed E-state index contributed by atoms with van der Waals surface area (Å²) in [5.74, 6) is 1.70. The second-order valence-electron chi connectivity index (χ2n) is 6.40. The number of aryl methyl sites for hydroxylation is 1. The summed E-state index contributed by atoms with van der Waals surface area (Å²) in [6.07, 6.45) is 1.42. The molecule has 7 heteroatoms. The number of methoxy groups -OCH3 is 2. The highest BCUT2D eigenvalue weighted by molar-refractivity contribution is 5.91. The fraction of sp³-hybridized carbons (Fsp3) is 0.526. The molecule has 0 spiro atoms. The van der Waals surface area contributed by atoms with Gasteiger partial charge in [0.1, 0.15) is 19.5 Å². The second-order valence-corrected chi connectivity index (χ2v) is 6.40. The van der Waals surface area contributed by atoms with Crippen molar-refractivity contribution in [3.8, 4) is 11.5 Å². The molecule has 0 unspecified atom stereocenters. The Labute approximate surface area is 154 Å². The highest BCUT2D eigenvalue weighted by atomic mass is 16.6. The van der Waals surface area contributed by atoms with Crippen molar-refractivity contribution in [2.24, 2.45) is 0 Å². The van der Waals surface area contributed by atoms with E-state index in [0.717, 1.165) is 31.1 Å². The summed E-state index contributed by atoms with van der Waals surface area (Å²) in [7, 11) is 3.29. The third-order valence-corrected chi connectivity index (χ3v) is 4.76. The first-order valence-corrected chi connectivity index (χ1v) is 8.80. The minimum absolute atomic E-state index is 0.0911. The van der Waals surface area contributed by atoms with Crippen molar-refractivity contribution < 1.29 is 23.7 Å². The summed E-state index contributed by atoms with van der Waals surface area (Å²) < 4.78 is 21.3. The van der Waals surface area contributed by atoms with E-state index in [4.69, 9.17) is 18.9 Å². The van der Waals surface area contributed by atoms with Crippen molar-refractivity contribution in [3.63, 3.8) is 0 Å². The molecule has 0 bridgehead atoms. The van der Waals surface area contributed by atoms with Crippen LogP contribution >= 0.6 is 0 Å². The molecule has 1 aromatic carbocycles. The number of hydrogen-bond donors (Lipinski definition) is 0. The van der Waals surface area contributed by atoms with Crippen LogP contribution in [0.15, 0.2) is 24.2 Å². The Bertz CT molecular complexity index is 681. The van der Waals surface area contributed by atoms with E-state index in [1.54, 1.807) is 14.2 Å². The van der Waals surface area contributed by atoms with Crippen LogP contribution in [0.4, 0.5) is 0 Å². The van der Waals surface area contributed by atoms with Gasteiger partial charge in [-0.1, -0.05) is 0 Å². The van der Waals surface area contributed by atoms with Crippen molar-refractivity contribution in [3.05, 3.63) is 35.3 Å². The van der Waals surface area contributed by atoms with Gasteiger partial charge in [-0.15, -0.1) is 0 Å². The van der Waals surface area contributed by atoms with Gasteiger partial charge in [0.15, 0.2) is 11.5 Å². The molecule has 0 N–H and O–H groups in total. The van der Waals surface area contributed by atoms with Crippen molar-refractivity contribution in [2.75, 3.05) is 53.6 Å². The summed E-state index contributed by atoms with van der Waals surface area (Å²) in [5.41, 5.74) is 2.37. The molecule has 1 fully saturated rings. The Morgan fingerprint density at radius 3 is 2.38 bits per heavy atom. The molecule has 1 saturated heterocycles. The Hall–Kier alpha value is -2.41. The number of amides is 1. The molecule has 0 aromatic heterocycles. The topological polar surface area (TPSA) is 60.5 Å². The van der Waals surface area contributed by atoms with E-state index >= 15 is 0 Å². The van der Waals surface area contributed by atoms with Crippen molar-refractivity contribution in [1.29, 1.82) is 0 Å². The molecule has 0 atom stereocenters. The monoisotopic (exact) mass is 362 g/mol. The minimum atomic E-state index is -0.0911. The van der Waals surface area contributed by atoms with Crippen LogP contribution in [0.1, 0.15) is 11.1 Å². The molecule has 7 nitrogen and oxygen atoms in total. The van der Waals surface area contributed by atoms with E-state index in [1.165, 1.54) is 17.4 Å². The van der Waals surface area contributed by atoms with E-state index < -0.39 is 0 Å². The van der Waals surface area contributed by atoms with Gasteiger partial charge in [0.2, 0.25) is 5.76 Å². The van der Waals surface area contributed by atoms with Gasteiger partial charge >= 0.3 is 0 Å². The molecule has 2 aliphatic heterocycles. The quantitative estimate of drug-likeness (QED) is 0.792. The van der Waals surface area contributed by atoms with Crippen LogP contribution in [-0.4, -0.2) is 69.3 Å². The normalized spacial score (nSPS) is 17.8. The number of piperazine rings is 1. The Kier molecular flexibility index (Phi) is 5.88. The van der Waals surface area contributed by atoms with E-state index in [0.29, 0.717) is 32.1 Å². The predicted molar refractivity (Wildman–Crippen MR) is 96.1 cm³/mol. The van der Waals surface area contributed by atoms with Gasteiger partial charge in [0.25, 0.3) is 5.91 Å². The van der Waals surface area contributed by atoms with Gasteiger partial charge in [-0.2, -0.15) is 0 Å². The molecule has 2 aliphatic rings. The minimum Gasteiger partial charge on any atom is -0.494 e. The number of nitrogens with zero attached hydrogens (tertiary/aromatic N) is 2. The Balaban J connectivity index is 1.59. The first-order chi connectivity index (χ1) is 12.6. The Morgan fingerprint density at radius 2 is 1.77 bits per heavy atom. The molecule has 3 rings (SSSR count). The standard InChI is InChI=1S/C19H26N2O5/c1-14-10-16(23-2)17(24-3)11-15(14)12-20-4-6-21(7-5-20)19(22)18-13-25-8-9-26-18/h10-11,13H,4-9,12H2,1-3H3. The third-order valence-electron chi connectivity index (χ3n) is 4.76. The van der Waals surface area contributed by atoms with E-state index in [-0.39, 0.29) is 5.91 Å². The van der Waals surface area contributed by atoms with Crippen LogP contribution in [0.3, 0.4) is 0 Å². The average molecular weight is 362 g/mol. The lowest BCUT2D eigenvalue weighted by Crippen LogP contribution is -2.49. The highest BCUT2D eigenvalue weighted by Crippen LogP contribution is 2.31. The van der Waals surface area contributed by atoms with E-state index in [9.17, 15) is 4.79 Å². The van der Waals surface area contributed by atoms with E-state index in [1.807, 2.05) is 17.0 Å². The molecule has 1 amide bonds. The van der Waals surface area contributed by atoms with Crippen LogP contribution in [0.2, 0.25) is 0 Å². The molecule has 2 heterocycles. The summed E-state index contributed by atoms with van der Waals surface area (Å²) in [5, 5.41) is 0. The second kappa shape index (κ2) is 8.31. The number of rotatable bonds is 5. The predicted octanol–water partition coefficient (Wildman–Crippen LogP) is 1.54. The molecule has 0 saturated carbocycles. The lowest BCUT2D eigenvalue weighted by Gasteiger charge is -2.35. The van der Waals surface area contributed by atoms with Crippen molar-refractivity contribution in [2.45, 2.75) is 13.5 Å². The molecular weight excluding hydrogens is 336 g/mol. The van der Waals surface area contributed by atoms with Crippen molar-refractivity contribution in [1.82, 2.24) is 9.80 Å². The molecule has 0 radical (unpaired) electrons. The van der Waals surface area contributed by atoms with Crippen LogP contribution in [-0.2, 0) is 20.8 Å². The van der Waals surface area contributed by atoms with Crippen LogP contribution in [0, 0.1) is 6.92 Å². The van der Waals surface area contributed by atoms with Gasteiger partial charge in [-0.05, 0) is 30.2 Å². The zero-order valence-corrected chi connectivity index (χ0v) is 15.6. The maximum atomic E-state index is 12.4. The zero-order valence-electron chi connectivity index (χ0n) is 15.6. The highest BCUT2D eigenvalue weighted by Gasteiger charge is 2.26. The molecule has 0 aliphatic carbocycles. The number of benzene rings is 1. The Morgan fingerprint density at radius 1 is 1.08 bits per heavy atom. The van der Waals surface area contributed by atoms with Gasteiger partial charge < -0.3 is 23.8 Å². The lowest BCUT2D eigenvalue weighted by molar-refractivity contribution is -0.134. The molecule has 142 valence electrons. The van der Waals surface area contributed by atoms with E-state index in [2.05, 4.69) is 11.8 Å². The number of carbonyl (C=O) groups excluding carboxylic acids is 1. The average Bonchev–Trinajstić information content (AvgIpc) is 2.69. The maximum Gasteiger partial charge on any atom is 0.292 e. The maximum absolute atomic E-state index is 12.4. The number of hydrogen-bond acceptors (Lipinski definition) is 6. The van der Waals surface area contributed by atoms with Gasteiger partial charge in [0.05, 0.1) is 14.2 Å². The summed E-state index contributed by atoms with van der Waals surface area (Å²) >= 11 is 0. The van der Waals surface area contributed by atoms with Crippen LogP contribution in [0.5, 0.6) is 11.5 Å². The fourth-order valence-corrected chi connectivity index (χ4v) is 3.18. The molecular formula is C19H26N2O5. The van der Waals surface area contributed by atoms with Crippen LogP contribution < -0.4 is 9.47 Å². The first kappa shape index (κ1) is 18.4. The SMILES string of the molecule is COc1cc(C)c(CN2CCN(C(=O)C3=COCCO3)CC2)cc1OC. The first-order valence-electron chi connectivity index (χ1n) is 8.80. The number of carbonyl (C=O) groups is 1. The van der Waals surface area contributed by atoms with Crippen molar-refractivity contribution >= 4 is 5.91 Å². The largest absolute Gasteiger partial charge is 0.494 e. The summed E-state index contributed by atoms with van der Waals surface area (Å²) in [4.78, 5) is 16.6. The zero-order chi connectivity index (χ0) is 18.5. The fourth-order valence-electron chi connectivity index (χ4n) is 3.18. The lowest BCUT2D eigenvalue weighted by atomic mass is 10.1. The smallest absolute Gasteiger partial charge is 0.292 e. The third kappa shape index (κ3) is 4.04. The van der Waals surface area contributed by atoms with Gasteiger partial charge in [-0.3, -0.25) is 9.69 Å². The summed E-state index contributed by atoms with van der Waals surface area (Å²) in [6, 6.07) is 4.03. The van der Waals surface area contributed by atoms with Crippen LogP contribution in [0.25, 0.3) is 0 Å².